The highest BCUT2D eigenvalue weighted by molar-refractivity contribution is 5.86. The second kappa shape index (κ2) is 8.57. The number of nitrogens with zero attached hydrogens (tertiary/aromatic N) is 1. The molecule has 1 fully saturated rings. The molecule has 6 heteroatoms. The molecule has 3 aromatic rings. The molecule has 0 bridgehead atoms. The minimum atomic E-state index is -0.369. The monoisotopic (exact) mass is 395 g/mol. The first-order valence-corrected chi connectivity index (χ1v) is 10.1. The Labute approximate surface area is 169 Å². The summed E-state index contributed by atoms with van der Waals surface area (Å²) in [5.74, 6) is 0.598. The predicted molar refractivity (Wildman–Crippen MR) is 112 cm³/mol. The van der Waals surface area contributed by atoms with Gasteiger partial charge in [0, 0.05) is 30.3 Å². The van der Waals surface area contributed by atoms with Gasteiger partial charge in [0.05, 0.1) is 6.61 Å². The van der Waals surface area contributed by atoms with E-state index in [4.69, 9.17) is 9.15 Å². The molecular weight excluding hydrogens is 370 g/mol. The largest absolute Gasteiger partial charge is 0.508 e. The molecule has 1 aliphatic heterocycles. The van der Waals surface area contributed by atoms with E-state index in [9.17, 15) is 15.0 Å². The highest BCUT2D eigenvalue weighted by Crippen LogP contribution is 2.31. The molecule has 2 N–H and O–H groups in total. The zero-order valence-electron chi connectivity index (χ0n) is 16.3. The van der Waals surface area contributed by atoms with Crippen LogP contribution in [0.15, 0.2) is 51.7 Å². The fourth-order valence-electron chi connectivity index (χ4n) is 3.80. The van der Waals surface area contributed by atoms with Crippen LogP contribution in [0.3, 0.4) is 0 Å². The molecule has 0 radical (unpaired) electrons. The number of rotatable bonds is 6. The van der Waals surface area contributed by atoms with Crippen LogP contribution in [0.25, 0.3) is 22.3 Å². The third-order valence-electron chi connectivity index (χ3n) is 5.25. The molecular formula is C23H25NO5. The van der Waals surface area contributed by atoms with Crippen molar-refractivity contribution in [3.63, 3.8) is 0 Å². The van der Waals surface area contributed by atoms with Crippen LogP contribution in [0.2, 0.25) is 0 Å². The quantitative estimate of drug-likeness (QED) is 0.611. The molecule has 0 saturated carbocycles. The van der Waals surface area contributed by atoms with Gasteiger partial charge in [0.15, 0.2) is 5.43 Å². The molecule has 6 nitrogen and oxygen atoms in total. The molecule has 2 aromatic carbocycles. The molecule has 29 heavy (non-hydrogen) atoms. The lowest BCUT2D eigenvalue weighted by Crippen LogP contribution is -2.31. The van der Waals surface area contributed by atoms with E-state index in [2.05, 4.69) is 4.90 Å². The van der Waals surface area contributed by atoms with E-state index in [0.29, 0.717) is 23.7 Å². The lowest BCUT2D eigenvalue weighted by atomic mass is 10.1. The number of ether oxygens (including phenoxy) is 1. The van der Waals surface area contributed by atoms with Crippen LogP contribution in [-0.2, 0) is 0 Å². The Hall–Kier alpha value is -2.99. The van der Waals surface area contributed by atoms with Crippen molar-refractivity contribution < 1.29 is 19.4 Å². The maximum Gasteiger partial charge on any atom is 0.197 e. The van der Waals surface area contributed by atoms with Crippen molar-refractivity contribution in [2.45, 2.75) is 25.7 Å². The van der Waals surface area contributed by atoms with Gasteiger partial charge in [-0.05, 0) is 44.5 Å². The molecule has 152 valence electrons. The summed E-state index contributed by atoms with van der Waals surface area (Å²) >= 11 is 0. The molecule has 1 saturated heterocycles. The lowest BCUT2D eigenvalue weighted by Gasteiger charge is -2.26. The number of phenolic OH excluding ortho intramolecular Hbond substituents is 2. The zero-order valence-corrected chi connectivity index (χ0v) is 16.3. The molecule has 0 spiro atoms. The topological polar surface area (TPSA) is 83.1 Å². The van der Waals surface area contributed by atoms with Gasteiger partial charge in [-0.3, -0.25) is 4.79 Å². The van der Waals surface area contributed by atoms with Crippen LogP contribution >= 0.6 is 0 Å². The second-order valence-electron chi connectivity index (χ2n) is 7.45. The SMILES string of the molecule is O=c1cc(-c2cccc(OCCCN3CCCCC3)c2)oc2cc(O)cc(O)c12. The average molecular weight is 395 g/mol. The van der Waals surface area contributed by atoms with Gasteiger partial charge in [0.2, 0.25) is 0 Å². The molecule has 1 aliphatic rings. The van der Waals surface area contributed by atoms with Gasteiger partial charge >= 0.3 is 0 Å². The minimum Gasteiger partial charge on any atom is -0.508 e. The number of aromatic hydroxyl groups is 2. The van der Waals surface area contributed by atoms with Crippen molar-refractivity contribution in [2.24, 2.45) is 0 Å². The first-order chi connectivity index (χ1) is 14.1. The van der Waals surface area contributed by atoms with Crippen LogP contribution in [0.5, 0.6) is 17.2 Å². The second-order valence-corrected chi connectivity index (χ2v) is 7.45. The zero-order chi connectivity index (χ0) is 20.2. The minimum absolute atomic E-state index is 0.0525. The van der Waals surface area contributed by atoms with Crippen molar-refractivity contribution in [3.8, 4) is 28.6 Å². The van der Waals surface area contributed by atoms with E-state index in [1.807, 2.05) is 24.3 Å². The summed E-state index contributed by atoms with van der Waals surface area (Å²) in [6, 6.07) is 11.2. The van der Waals surface area contributed by atoms with E-state index in [1.165, 1.54) is 44.5 Å². The van der Waals surface area contributed by atoms with Gasteiger partial charge in [-0.2, -0.15) is 0 Å². The Morgan fingerprint density at radius 2 is 1.86 bits per heavy atom. The van der Waals surface area contributed by atoms with E-state index < -0.39 is 0 Å². The summed E-state index contributed by atoms with van der Waals surface area (Å²) in [7, 11) is 0. The molecule has 0 unspecified atom stereocenters. The van der Waals surface area contributed by atoms with Crippen molar-refractivity contribution in [1.82, 2.24) is 4.90 Å². The summed E-state index contributed by atoms with van der Waals surface area (Å²) in [5.41, 5.74) is 0.463. The van der Waals surface area contributed by atoms with Crippen LogP contribution in [-0.4, -0.2) is 41.4 Å². The number of hydrogen-bond acceptors (Lipinski definition) is 6. The van der Waals surface area contributed by atoms with Gasteiger partial charge in [-0.1, -0.05) is 18.6 Å². The van der Waals surface area contributed by atoms with Crippen LogP contribution in [0.4, 0.5) is 0 Å². The highest BCUT2D eigenvalue weighted by Gasteiger charge is 2.13. The fraction of sp³-hybridized carbons (Fsp3) is 0.348. The standard InChI is InChI=1S/C23H25NO5/c25-17-13-19(26)23-20(27)15-21(29-22(23)14-17)16-6-4-7-18(12-16)28-11-5-10-24-8-2-1-3-9-24/h4,6-7,12-15,25-26H,1-3,5,8-11H2. The fourth-order valence-corrected chi connectivity index (χ4v) is 3.80. The molecule has 1 aromatic heterocycles. The number of benzene rings is 2. The Balaban J connectivity index is 1.47. The lowest BCUT2D eigenvalue weighted by molar-refractivity contribution is 0.205. The van der Waals surface area contributed by atoms with Gasteiger partial charge in [-0.25, -0.2) is 0 Å². The molecule has 4 rings (SSSR count). The average Bonchev–Trinajstić information content (AvgIpc) is 2.71. The smallest absolute Gasteiger partial charge is 0.197 e. The number of likely N-dealkylation sites (tertiary alicyclic amines) is 1. The van der Waals surface area contributed by atoms with E-state index >= 15 is 0 Å². The number of fused-ring (bicyclic) bond motifs is 1. The summed E-state index contributed by atoms with van der Waals surface area (Å²) in [6.07, 6.45) is 4.88. The highest BCUT2D eigenvalue weighted by atomic mass is 16.5. The summed E-state index contributed by atoms with van der Waals surface area (Å²) in [5, 5.41) is 19.6. The number of hydrogen-bond donors (Lipinski definition) is 2. The van der Waals surface area contributed by atoms with Gasteiger partial charge in [0.1, 0.15) is 34.0 Å². The Morgan fingerprint density at radius 1 is 1.03 bits per heavy atom. The maximum absolute atomic E-state index is 12.4. The first-order valence-electron chi connectivity index (χ1n) is 10.1. The van der Waals surface area contributed by atoms with E-state index in [1.54, 1.807) is 0 Å². The third kappa shape index (κ3) is 4.54. The van der Waals surface area contributed by atoms with Crippen molar-refractivity contribution in [2.75, 3.05) is 26.2 Å². The number of phenols is 2. The van der Waals surface area contributed by atoms with Crippen molar-refractivity contribution in [1.29, 1.82) is 0 Å². The molecule has 0 aliphatic carbocycles. The van der Waals surface area contributed by atoms with Crippen LogP contribution in [0.1, 0.15) is 25.7 Å². The third-order valence-corrected chi connectivity index (χ3v) is 5.25. The van der Waals surface area contributed by atoms with Gasteiger partial charge < -0.3 is 24.3 Å². The summed E-state index contributed by atoms with van der Waals surface area (Å²) < 4.78 is 11.7. The maximum atomic E-state index is 12.4. The Kier molecular flexibility index (Phi) is 5.71. The van der Waals surface area contributed by atoms with Crippen molar-refractivity contribution >= 4 is 11.0 Å². The van der Waals surface area contributed by atoms with Crippen LogP contribution < -0.4 is 10.2 Å². The van der Waals surface area contributed by atoms with Crippen LogP contribution in [0, 0.1) is 0 Å². The molecule has 2 heterocycles. The summed E-state index contributed by atoms with van der Waals surface area (Å²) in [4.78, 5) is 14.9. The normalized spacial score (nSPS) is 14.9. The van der Waals surface area contributed by atoms with Gasteiger partial charge in [0.25, 0.3) is 0 Å². The predicted octanol–water partition coefficient (Wildman–Crippen LogP) is 4.13. The molecule has 0 atom stereocenters. The Morgan fingerprint density at radius 3 is 2.69 bits per heavy atom. The van der Waals surface area contributed by atoms with Crippen molar-refractivity contribution in [3.05, 3.63) is 52.7 Å². The van der Waals surface area contributed by atoms with E-state index in [0.717, 1.165) is 19.0 Å². The van der Waals surface area contributed by atoms with E-state index in [-0.39, 0.29) is 27.9 Å². The number of piperidine rings is 1. The Bertz CT molecular complexity index is 1050. The van der Waals surface area contributed by atoms with Gasteiger partial charge in [-0.15, -0.1) is 0 Å². The summed E-state index contributed by atoms with van der Waals surface area (Å²) in [6.45, 7) is 4.04. The first kappa shape index (κ1) is 19.3. The molecule has 0 amide bonds.